The van der Waals surface area contributed by atoms with Crippen LogP contribution >= 0.6 is 0 Å². The van der Waals surface area contributed by atoms with Gasteiger partial charge in [-0.1, -0.05) is 11.2 Å². The summed E-state index contributed by atoms with van der Waals surface area (Å²) < 4.78 is 112. The molecule has 0 radical (unpaired) electrons. The standard InChI is InChI=1S/C18H20F4N2O5S2/c1-11-16(12(2)29-23-11)31(27,28)24-14-6-8-17(19,9-7-14)30(25,26)15-5-3-4-13(10-15)18(20,21)22/h3-5,10,14,24H,6-9H2,1-2H3/t14-,17-. The van der Waals surface area contributed by atoms with Crippen molar-refractivity contribution in [2.24, 2.45) is 0 Å². The molecular weight excluding hydrogens is 464 g/mol. The van der Waals surface area contributed by atoms with Crippen LogP contribution in [-0.4, -0.2) is 33.0 Å². The molecule has 1 N–H and O–H groups in total. The van der Waals surface area contributed by atoms with E-state index in [0.717, 1.165) is 12.1 Å². The van der Waals surface area contributed by atoms with Gasteiger partial charge in [-0.05, 0) is 57.7 Å². The minimum absolute atomic E-state index is 0.0766. The van der Waals surface area contributed by atoms with E-state index >= 15 is 4.39 Å². The summed E-state index contributed by atoms with van der Waals surface area (Å²) in [6.07, 6.45) is -6.22. The first-order valence-corrected chi connectivity index (χ1v) is 12.2. The Hall–Kier alpha value is -1.99. The average molecular weight is 484 g/mol. The van der Waals surface area contributed by atoms with Gasteiger partial charge in [0.15, 0.2) is 5.76 Å². The molecule has 0 atom stereocenters. The fraction of sp³-hybridized carbons (Fsp3) is 0.500. The van der Waals surface area contributed by atoms with E-state index in [-0.39, 0.29) is 29.2 Å². The van der Waals surface area contributed by atoms with Gasteiger partial charge >= 0.3 is 6.18 Å². The summed E-state index contributed by atoms with van der Waals surface area (Å²) >= 11 is 0. The number of nitrogens with one attached hydrogen (secondary N) is 1. The second-order valence-corrected chi connectivity index (χ2v) is 11.3. The van der Waals surface area contributed by atoms with Crippen LogP contribution in [0.25, 0.3) is 0 Å². The maximum absolute atomic E-state index is 15.4. The SMILES string of the molecule is Cc1noc(C)c1S(=O)(=O)N[C@H]1CC[C@](F)(S(=O)(=O)c2cccc(C(F)(F)F)c2)CC1. The van der Waals surface area contributed by atoms with Crippen LogP contribution in [0, 0.1) is 13.8 Å². The lowest BCUT2D eigenvalue weighted by Gasteiger charge is -2.33. The fourth-order valence-corrected chi connectivity index (χ4v) is 6.99. The Balaban J connectivity index is 1.77. The van der Waals surface area contributed by atoms with Crippen molar-refractivity contribution in [2.45, 2.75) is 66.5 Å². The summed E-state index contributed by atoms with van der Waals surface area (Å²) in [5, 5.41) is 0.772. The molecule has 1 aliphatic carbocycles. The topological polar surface area (TPSA) is 106 Å². The van der Waals surface area contributed by atoms with E-state index < -0.39 is 60.4 Å². The van der Waals surface area contributed by atoms with Crippen molar-refractivity contribution >= 4 is 19.9 Å². The predicted octanol–water partition coefficient (Wildman–Crippen LogP) is 3.67. The van der Waals surface area contributed by atoms with Gasteiger partial charge in [0.25, 0.3) is 0 Å². The Morgan fingerprint density at radius 2 is 1.74 bits per heavy atom. The molecule has 0 spiro atoms. The van der Waals surface area contributed by atoms with Crippen LogP contribution in [0.4, 0.5) is 17.6 Å². The third-order valence-electron chi connectivity index (χ3n) is 5.24. The Kier molecular flexibility index (Phi) is 6.00. The molecule has 1 aromatic heterocycles. The number of aryl methyl sites for hydroxylation is 2. The van der Waals surface area contributed by atoms with E-state index in [2.05, 4.69) is 9.88 Å². The largest absolute Gasteiger partial charge is 0.416 e. The van der Waals surface area contributed by atoms with Gasteiger partial charge in [0.1, 0.15) is 10.6 Å². The lowest BCUT2D eigenvalue weighted by atomic mass is 9.94. The first kappa shape index (κ1) is 23.7. The molecular formula is C18H20F4N2O5S2. The molecule has 1 saturated carbocycles. The Morgan fingerprint density at radius 3 is 2.26 bits per heavy atom. The fourth-order valence-electron chi connectivity index (χ4n) is 3.62. The van der Waals surface area contributed by atoms with Crippen molar-refractivity contribution in [1.82, 2.24) is 9.88 Å². The molecule has 31 heavy (non-hydrogen) atoms. The first-order chi connectivity index (χ1) is 14.2. The van der Waals surface area contributed by atoms with Crippen molar-refractivity contribution in [1.29, 1.82) is 0 Å². The highest BCUT2D eigenvalue weighted by Gasteiger charge is 2.48. The van der Waals surface area contributed by atoms with E-state index in [1.807, 2.05) is 0 Å². The molecule has 3 rings (SSSR count). The summed E-state index contributed by atoms with van der Waals surface area (Å²) in [5.74, 6) is 0.0766. The minimum atomic E-state index is -4.77. The van der Waals surface area contributed by atoms with Gasteiger partial charge in [0, 0.05) is 6.04 Å². The number of rotatable bonds is 5. The quantitative estimate of drug-likeness (QED) is 0.649. The third-order valence-corrected chi connectivity index (χ3v) is 9.25. The molecule has 2 aromatic rings. The zero-order valence-corrected chi connectivity index (χ0v) is 18.2. The third kappa shape index (κ3) is 4.48. The molecule has 1 aliphatic rings. The number of sulfone groups is 1. The van der Waals surface area contributed by atoms with Crippen LogP contribution in [0.1, 0.15) is 42.7 Å². The first-order valence-electron chi connectivity index (χ1n) is 9.23. The zero-order chi connectivity index (χ0) is 23.2. The van der Waals surface area contributed by atoms with Gasteiger partial charge in [-0.2, -0.15) is 13.2 Å². The highest BCUT2D eigenvalue weighted by atomic mass is 32.2. The lowest BCUT2D eigenvalue weighted by Crippen LogP contribution is -2.45. The normalized spacial score (nSPS) is 23.1. The average Bonchev–Trinajstić information content (AvgIpc) is 3.02. The van der Waals surface area contributed by atoms with Crippen LogP contribution in [0.15, 0.2) is 38.6 Å². The summed E-state index contributed by atoms with van der Waals surface area (Å²) in [4.78, 5) is -0.902. The van der Waals surface area contributed by atoms with Gasteiger partial charge in [0.2, 0.25) is 24.9 Å². The number of nitrogens with zero attached hydrogens (tertiary/aromatic N) is 1. The molecule has 13 heteroatoms. The van der Waals surface area contributed by atoms with E-state index in [1.54, 1.807) is 0 Å². The molecule has 0 saturated heterocycles. The Morgan fingerprint density at radius 1 is 1.13 bits per heavy atom. The summed E-state index contributed by atoms with van der Waals surface area (Å²) in [6, 6.07) is 2.17. The van der Waals surface area contributed by atoms with Crippen LogP contribution in [0.3, 0.4) is 0 Å². The zero-order valence-electron chi connectivity index (χ0n) is 16.5. The smallest absolute Gasteiger partial charge is 0.360 e. The lowest BCUT2D eigenvalue weighted by molar-refractivity contribution is -0.137. The van der Waals surface area contributed by atoms with Crippen LogP contribution in [0.2, 0.25) is 0 Å². The molecule has 0 unspecified atom stereocenters. The molecule has 0 amide bonds. The summed E-state index contributed by atoms with van der Waals surface area (Å²) in [6.45, 7) is 2.86. The maximum atomic E-state index is 15.4. The van der Waals surface area contributed by atoms with Gasteiger partial charge in [-0.25, -0.2) is 25.9 Å². The van der Waals surface area contributed by atoms with Crippen molar-refractivity contribution in [3.05, 3.63) is 41.3 Å². The minimum Gasteiger partial charge on any atom is -0.360 e. The number of alkyl halides is 4. The number of halogens is 4. The highest BCUT2D eigenvalue weighted by Crippen LogP contribution is 2.41. The van der Waals surface area contributed by atoms with Crippen molar-refractivity contribution in [3.63, 3.8) is 0 Å². The Bertz CT molecular complexity index is 1160. The molecule has 1 aromatic carbocycles. The molecule has 7 nitrogen and oxygen atoms in total. The molecule has 0 aliphatic heterocycles. The van der Waals surface area contributed by atoms with Crippen LogP contribution in [0.5, 0.6) is 0 Å². The van der Waals surface area contributed by atoms with Crippen molar-refractivity contribution in [2.75, 3.05) is 0 Å². The van der Waals surface area contributed by atoms with E-state index in [4.69, 9.17) is 4.52 Å². The molecule has 1 heterocycles. The van der Waals surface area contributed by atoms with Crippen molar-refractivity contribution in [3.8, 4) is 0 Å². The number of aromatic nitrogens is 1. The summed E-state index contributed by atoms with van der Waals surface area (Å²) in [5.41, 5.74) is -1.05. The number of sulfonamides is 1. The highest BCUT2D eigenvalue weighted by molar-refractivity contribution is 7.92. The number of benzene rings is 1. The van der Waals surface area contributed by atoms with E-state index in [9.17, 15) is 30.0 Å². The second kappa shape index (κ2) is 7.85. The second-order valence-electron chi connectivity index (χ2n) is 7.46. The summed E-state index contributed by atoms with van der Waals surface area (Å²) in [7, 11) is -8.76. The number of hydrogen-bond donors (Lipinski definition) is 1. The molecule has 1 fully saturated rings. The van der Waals surface area contributed by atoms with E-state index in [0.29, 0.717) is 12.1 Å². The van der Waals surface area contributed by atoms with Gasteiger partial charge in [-0.15, -0.1) is 0 Å². The molecule has 0 bridgehead atoms. The predicted molar refractivity (Wildman–Crippen MR) is 101 cm³/mol. The van der Waals surface area contributed by atoms with Crippen molar-refractivity contribution < 1.29 is 38.9 Å². The molecule has 172 valence electrons. The Labute approximate surface area is 176 Å². The van der Waals surface area contributed by atoms with Crippen LogP contribution < -0.4 is 4.72 Å². The van der Waals surface area contributed by atoms with Gasteiger partial charge in [-0.3, -0.25) is 0 Å². The monoisotopic (exact) mass is 484 g/mol. The van der Waals surface area contributed by atoms with Crippen LogP contribution in [-0.2, 0) is 26.0 Å². The van der Waals surface area contributed by atoms with E-state index in [1.165, 1.54) is 13.8 Å². The van der Waals surface area contributed by atoms with Gasteiger partial charge in [0.05, 0.1) is 10.5 Å². The maximum Gasteiger partial charge on any atom is 0.416 e. The number of hydrogen-bond acceptors (Lipinski definition) is 6. The van der Waals surface area contributed by atoms with Gasteiger partial charge < -0.3 is 4.52 Å².